The zero-order chi connectivity index (χ0) is 21.3. The van der Waals surface area contributed by atoms with E-state index >= 15 is 0 Å². The summed E-state index contributed by atoms with van der Waals surface area (Å²) < 4.78 is 11.2. The first-order valence-electron chi connectivity index (χ1n) is 9.57. The molecule has 2 amide bonds. The Morgan fingerprint density at radius 2 is 1.57 bits per heavy atom. The Morgan fingerprint density at radius 1 is 0.833 bits per heavy atom. The van der Waals surface area contributed by atoms with E-state index in [1.165, 1.54) is 0 Å². The molecule has 0 fully saturated rings. The molecule has 0 bridgehead atoms. The van der Waals surface area contributed by atoms with Gasteiger partial charge in [0.2, 0.25) is 0 Å². The molecule has 6 nitrogen and oxygen atoms in total. The van der Waals surface area contributed by atoms with Gasteiger partial charge >= 0.3 is 0 Å². The van der Waals surface area contributed by atoms with Crippen LogP contribution in [-0.4, -0.2) is 18.4 Å². The van der Waals surface area contributed by atoms with E-state index in [0.29, 0.717) is 17.9 Å². The molecule has 0 spiro atoms. The molecule has 0 heterocycles. The van der Waals surface area contributed by atoms with Crippen LogP contribution in [0.15, 0.2) is 72.8 Å². The molecule has 0 saturated heterocycles. The van der Waals surface area contributed by atoms with Gasteiger partial charge in [0.25, 0.3) is 11.8 Å². The highest BCUT2D eigenvalue weighted by Gasteiger charge is 2.09. The molecule has 30 heavy (non-hydrogen) atoms. The van der Waals surface area contributed by atoms with Crippen molar-refractivity contribution in [2.45, 2.75) is 20.5 Å². The smallest absolute Gasteiger partial charge is 0.276 e. The van der Waals surface area contributed by atoms with Crippen molar-refractivity contribution in [2.75, 3.05) is 6.61 Å². The van der Waals surface area contributed by atoms with Crippen LogP contribution >= 0.6 is 0 Å². The summed E-state index contributed by atoms with van der Waals surface area (Å²) in [6.07, 6.45) is 0. The summed E-state index contributed by atoms with van der Waals surface area (Å²) in [6, 6.07) is 22.2. The van der Waals surface area contributed by atoms with E-state index in [1.54, 1.807) is 12.1 Å². The van der Waals surface area contributed by atoms with Crippen molar-refractivity contribution in [3.8, 4) is 11.5 Å². The SMILES string of the molecule is Cc1ccc(C)c(OCC(=O)NNC(=O)c2ccc(COc3ccccc3)cc2)c1. The van der Waals surface area contributed by atoms with Crippen LogP contribution in [0, 0.1) is 13.8 Å². The number of aryl methyl sites for hydroxylation is 2. The third-order valence-corrected chi connectivity index (χ3v) is 4.38. The lowest BCUT2D eigenvalue weighted by molar-refractivity contribution is -0.123. The minimum atomic E-state index is -0.447. The largest absolute Gasteiger partial charge is 0.489 e. The van der Waals surface area contributed by atoms with Gasteiger partial charge in [-0.05, 0) is 60.9 Å². The summed E-state index contributed by atoms with van der Waals surface area (Å²) in [6.45, 7) is 4.06. The molecule has 0 atom stereocenters. The predicted octanol–water partition coefficient (Wildman–Crippen LogP) is 3.72. The van der Waals surface area contributed by atoms with Gasteiger partial charge in [-0.2, -0.15) is 0 Å². The van der Waals surface area contributed by atoms with Crippen molar-refractivity contribution >= 4 is 11.8 Å². The minimum Gasteiger partial charge on any atom is -0.489 e. The van der Waals surface area contributed by atoms with E-state index in [-0.39, 0.29) is 6.61 Å². The number of rotatable bonds is 7. The molecule has 0 aliphatic carbocycles. The summed E-state index contributed by atoms with van der Waals surface area (Å²) in [5, 5.41) is 0. The number of ether oxygens (including phenoxy) is 2. The number of hydrazine groups is 1. The second kappa shape index (κ2) is 10.1. The number of hydrogen-bond donors (Lipinski definition) is 2. The van der Waals surface area contributed by atoms with Gasteiger partial charge in [-0.1, -0.05) is 42.5 Å². The zero-order valence-corrected chi connectivity index (χ0v) is 17.0. The van der Waals surface area contributed by atoms with Crippen molar-refractivity contribution in [3.63, 3.8) is 0 Å². The van der Waals surface area contributed by atoms with Crippen molar-refractivity contribution in [1.82, 2.24) is 10.9 Å². The number of nitrogens with one attached hydrogen (secondary N) is 2. The fourth-order valence-corrected chi connectivity index (χ4v) is 2.68. The van der Waals surface area contributed by atoms with Gasteiger partial charge in [0, 0.05) is 5.56 Å². The van der Waals surface area contributed by atoms with Crippen molar-refractivity contribution in [2.24, 2.45) is 0 Å². The number of carbonyl (C=O) groups is 2. The highest BCUT2D eigenvalue weighted by Crippen LogP contribution is 2.18. The van der Waals surface area contributed by atoms with Crippen LogP contribution in [0.3, 0.4) is 0 Å². The molecule has 0 unspecified atom stereocenters. The first-order chi connectivity index (χ1) is 14.5. The summed E-state index contributed by atoms with van der Waals surface area (Å²) >= 11 is 0. The Morgan fingerprint density at radius 3 is 2.30 bits per heavy atom. The van der Waals surface area contributed by atoms with Gasteiger partial charge in [-0.15, -0.1) is 0 Å². The molecule has 6 heteroatoms. The Kier molecular flexibility index (Phi) is 7.05. The lowest BCUT2D eigenvalue weighted by Gasteiger charge is -2.11. The topological polar surface area (TPSA) is 76.7 Å². The number of hydrogen-bond acceptors (Lipinski definition) is 4. The van der Waals surface area contributed by atoms with E-state index < -0.39 is 11.8 Å². The third kappa shape index (κ3) is 6.10. The number of para-hydroxylation sites is 1. The molecule has 154 valence electrons. The molecule has 0 radical (unpaired) electrons. The van der Waals surface area contributed by atoms with Gasteiger partial charge < -0.3 is 9.47 Å². The second-order valence-corrected chi connectivity index (χ2v) is 6.86. The van der Waals surface area contributed by atoms with Crippen LogP contribution in [0.2, 0.25) is 0 Å². The van der Waals surface area contributed by atoms with Crippen LogP contribution in [0.4, 0.5) is 0 Å². The fourth-order valence-electron chi connectivity index (χ4n) is 2.68. The van der Waals surface area contributed by atoms with E-state index in [2.05, 4.69) is 10.9 Å². The Hall–Kier alpha value is -3.80. The summed E-state index contributed by atoms with van der Waals surface area (Å²) in [7, 11) is 0. The molecule has 3 aromatic rings. The van der Waals surface area contributed by atoms with Gasteiger partial charge in [-0.25, -0.2) is 0 Å². The lowest BCUT2D eigenvalue weighted by Crippen LogP contribution is -2.43. The molecule has 0 saturated carbocycles. The van der Waals surface area contributed by atoms with Gasteiger partial charge in [0.1, 0.15) is 18.1 Å². The van der Waals surface area contributed by atoms with E-state index in [1.807, 2.05) is 74.5 Å². The molecule has 3 aromatic carbocycles. The first kappa shape index (κ1) is 20.9. The van der Waals surface area contributed by atoms with Crippen LogP contribution in [0.5, 0.6) is 11.5 Å². The standard InChI is InChI=1S/C24H24N2O4/c1-17-8-9-18(2)22(14-17)30-16-23(27)25-26-24(28)20-12-10-19(11-13-20)15-29-21-6-4-3-5-7-21/h3-14H,15-16H2,1-2H3,(H,25,27)(H,26,28). The summed E-state index contributed by atoms with van der Waals surface area (Å²) in [5.41, 5.74) is 8.09. The molecule has 2 N–H and O–H groups in total. The highest BCUT2D eigenvalue weighted by molar-refractivity contribution is 5.95. The van der Waals surface area contributed by atoms with Crippen LogP contribution in [0.25, 0.3) is 0 Å². The Labute approximate surface area is 175 Å². The van der Waals surface area contributed by atoms with E-state index in [4.69, 9.17) is 9.47 Å². The van der Waals surface area contributed by atoms with Crippen molar-refractivity contribution in [1.29, 1.82) is 0 Å². The zero-order valence-electron chi connectivity index (χ0n) is 17.0. The van der Waals surface area contributed by atoms with E-state index in [0.717, 1.165) is 22.4 Å². The monoisotopic (exact) mass is 404 g/mol. The highest BCUT2D eigenvalue weighted by atomic mass is 16.5. The van der Waals surface area contributed by atoms with Gasteiger partial charge in [-0.3, -0.25) is 20.4 Å². The molecule has 3 rings (SSSR count). The second-order valence-electron chi connectivity index (χ2n) is 6.86. The van der Waals surface area contributed by atoms with Crippen molar-refractivity contribution < 1.29 is 19.1 Å². The molecule has 0 aromatic heterocycles. The summed E-state index contributed by atoms with van der Waals surface area (Å²) in [4.78, 5) is 24.2. The minimum absolute atomic E-state index is 0.194. The predicted molar refractivity (Wildman–Crippen MR) is 114 cm³/mol. The van der Waals surface area contributed by atoms with Gasteiger partial charge in [0.05, 0.1) is 0 Å². The fraction of sp³-hybridized carbons (Fsp3) is 0.167. The van der Waals surface area contributed by atoms with Crippen molar-refractivity contribution in [3.05, 3.63) is 95.1 Å². The third-order valence-electron chi connectivity index (χ3n) is 4.38. The molecular formula is C24H24N2O4. The molecular weight excluding hydrogens is 380 g/mol. The Bertz CT molecular complexity index is 1000. The molecule has 0 aliphatic rings. The maximum Gasteiger partial charge on any atom is 0.276 e. The van der Waals surface area contributed by atoms with Gasteiger partial charge in [0.15, 0.2) is 6.61 Å². The average molecular weight is 404 g/mol. The number of benzene rings is 3. The summed E-state index contributed by atoms with van der Waals surface area (Å²) in [5.74, 6) is 0.567. The first-order valence-corrected chi connectivity index (χ1v) is 9.57. The number of amides is 2. The lowest BCUT2D eigenvalue weighted by atomic mass is 10.1. The van der Waals surface area contributed by atoms with Crippen LogP contribution in [0.1, 0.15) is 27.0 Å². The normalized spacial score (nSPS) is 10.2. The maximum absolute atomic E-state index is 12.2. The molecule has 0 aliphatic heterocycles. The average Bonchev–Trinajstić information content (AvgIpc) is 2.77. The number of carbonyl (C=O) groups excluding carboxylic acids is 2. The Balaban J connectivity index is 1.44. The van der Waals surface area contributed by atoms with Crippen LogP contribution < -0.4 is 20.3 Å². The van der Waals surface area contributed by atoms with E-state index in [9.17, 15) is 9.59 Å². The maximum atomic E-state index is 12.2. The quantitative estimate of drug-likeness (QED) is 0.589. The van der Waals surface area contributed by atoms with Crippen LogP contribution in [-0.2, 0) is 11.4 Å².